The van der Waals surface area contributed by atoms with Gasteiger partial charge in [0, 0.05) is 0 Å². The van der Waals surface area contributed by atoms with Gasteiger partial charge in [0.2, 0.25) is 0 Å². The van der Waals surface area contributed by atoms with Crippen LogP contribution in [-0.2, 0) is 9.59 Å². The Morgan fingerprint density at radius 2 is 2.00 bits per heavy atom. The van der Waals surface area contributed by atoms with Crippen LogP contribution in [0, 0.1) is 0 Å². The van der Waals surface area contributed by atoms with Crippen LogP contribution in [0.2, 0.25) is 0 Å². The summed E-state index contributed by atoms with van der Waals surface area (Å²) in [6.45, 7) is 1.97. The molecule has 2 aromatic carbocycles. The van der Waals surface area contributed by atoms with Crippen molar-refractivity contribution in [3.05, 3.63) is 52.9 Å². The third-order valence-corrected chi connectivity index (χ3v) is 5.68. The summed E-state index contributed by atoms with van der Waals surface area (Å²) < 4.78 is 0.270. The maximum absolute atomic E-state index is 12.8. The van der Waals surface area contributed by atoms with Gasteiger partial charge in [-0.15, -0.1) is 0 Å². The number of amides is 1. The highest BCUT2D eigenvalue weighted by Gasteiger charge is 2.37. The molecule has 1 saturated heterocycles. The SMILES string of the molecule is CCCC[C@H](C(=O)[O-])N1C(=O)/C(=C/c2cccc3ccccc23)SC1=S. The molecule has 0 spiro atoms. The fraction of sp³-hybridized carbons (Fsp3) is 0.250. The van der Waals surface area contributed by atoms with Crippen LogP contribution >= 0.6 is 24.0 Å². The number of thioether (sulfide) groups is 1. The summed E-state index contributed by atoms with van der Waals surface area (Å²) in [5.41, 5.74) is 0.905. The molecular formula is C20H18NO3S2-. The summed E-state index contributed by atoms with van der Waals surface area (Å²) >= 11 is 6.43. The number of rotatable bonds is 6. The number of hydrogen-bond donors (Lipinski definition) is 0. The van der Waals surface area contributed by atoms with Crippen molar-refractivity contribution in [2.75, 3.05) is 0 Å². The van der Waals surface area contributed by atoms with Crippen LogP contribution in [0.15, 0.2) is 47.4 Å². The van der Waals surface area contributed by atoms with Gasteiger partial charge in [0.1, 0.15) is 4.32 Å². The van der Waals surface area contributed by atoms with E-state index in [1.54, 1.807) is 6.08 Å². The third kappa shape index (κ3) is 3.66. The Morgan fingerprint density at radius 1 is 1.27 bits per heavy atom. The van der Waals surface area contributed by atoms with E-state index >= 15 is 0 Å². The lowest BCUT2D eigenvalue weighted by Crippen LogP contribution is -2.49. The van der Waals surface area contributed by atoms with Gasteiger partial charge in [0.25, 0.3) is 5.91 Å². The van der Waals surface area contributed by atoms with E-state index in [1.165, 1.54) is 4.90 Å². The quantitative estimate of drug-likeness (QED) is 0.565. The molecule has 1 fully saturated rings. The summed E-state index contributed by atoms with van der Waals surface area (Å²) in [4.78, 5) is 26.0. The number of fused-ring (bicyclic) bond motifs is 1. The highest BCUT2D eigenvalue weighted by molar-refractivity contribution is 8.26. The van der Waals surface area contributed by atoms with Gasteiger partial charge in [0.15, 0.2) is 0 Å². The number of aliphatic carboxylic acids is 1. The molecule has 0 aromatic heterocycles. The maximum Gasteiger partial charge on any atom is 0.266 e. The number of carboxylic acids is 1. The average Bonchev–Trinajstić information content (AvgIpc) is 2.90. The minimum atomic E-state index is -1.26. The van der Waals surface area contributed by atoms with Gasteiger partial charge in [-0.1, -0.05) is 86.2 Å². The first kappa shape index (κ1) is 18.6. The Balaban J connectivity index is 1.95. The fourth-order valence-electron chi connectivity index (χ4n) is 3.02. The second kappa shape index (κ2) is 8.01. The Hall–Kier alpha value is -2.18. The molecule has 0 radical (unpaired) electrons. The highest BCUT2D eigenvalue weighted by Crippen LogP contribution is 2.35. The molecule has 0 aliphatic carbocycles. The summed E-state index contributed by atoms with van der Waals surface area (Å²) in [6.07, 6.45) is 3.66. The zero-order valence-electron chi connectivity index (χ0n) is 14.3. The first-order chi connectivity index (χ1) is 12.5. The van der Waals surface area contributed by atoms with E-state index < -0.39 is 12.0 Å². The molecule has 4 nitrogen and oxygen atoms in total. The molecule has 6 heteroatoms. The van der Waals surface area contributed by atoms with Crippen LogP contribution in [0.3, 0.4) is 0 Å². The van der Waals surface area contributed by atoms with Crippen LogP contribution in [0.25, 0.3) is 16.8 Å². The smallest absolute Gasteiger partial charge is 0.266 e. The van der Waals surface area contributed by atoms with E-state index in [4.69, 9.17) is 12.2 Å². The summed E-state index contributed by atoms with van der Waals surface area (Å²) in [6, 6.07) is 12.8. The standard InChI is InChI=1S/C20H19NO3S2/c1-2-3-11-16(19(23)24)21-18(22)17(26-20(21)25)12-14-9-6-8-13-7-4-5-10-15(13)14/h4-10,12,16H,2-3,11H2,1H3,(H,23,24)/p-1/b17-12-/t16-/m1/s1. The molecule has 1 atom stereocenters. The lowest BCUT2D eigenvalue weighted by molar-refractivity contribution is -0.310. The zero-order valence-corrected chi connectivity index (χ0v) is 15.9. The van der Waals surface area contributed by atoms with Crippen molar-refractivity contribution < 1.29 is 14.7 Å². The largest absolute Gasteiger partial charge is 0.548 e. The first-order valence-corrected chi connectivity index (χ1v) is 9.71. The lowest BCUT2D eigenvalue weighted by Gasteiger charge is -2.27. The number of hydrogen-bond acceptors (Lipinski definition) is 5. The molecule has 3 rings (SSSR count). The monoisotopic (exact) mass is 384 g/mol. The number of carbonyl (C=O) groups excluding carboxylic acids is 2. The molecular weight excluding hydrogens is 366 g/mol. The van der Waals surface area contributed by atoms with Crippen LogP contribution in [-0.4, -0.2) is 27.1 Å². The third-order valence-electron chi connectivity index (χ3n) is 4.35. The Kier molecular flexibility index (Phi) is 5.74. The molecule has 0 N–H and O–H groups in total. The molecule has 1 heterocycles. The molecule has 0 saturated carbocycles. The van der Waals surface area contributed by atoms with Gasteiger partial charge >= 0.3 is 0 Å². The van der Waals surface area contributed by atoms with Crippen LogP contribution in [0.1, 0.15) is 31.7 Å². The van der Waals surface area contributed by atoms with Gasteiger partial charge in [-0.05, 0) is 28.8 Å². The molecule has 26 heavy (non-hydrogen) atoms. The Bertz CT molecular complexity index is 902. The first-order valence-electron chi connectivity index (χ1n) is 8.48. The van der Waals surface area contributed by atoms with Gasteiger partial charge in [0.05, 0.1) is 16.9 Å². The number of thiocarbonyl (C=S) groups is 1. The van der Waals surface area contributed by atoms with Crippen molar-refractivity contribution in [2.24, 2.45) is 0 Å². The lowest BCUT2D eigenvalue weighted by atomic mass is 10.0. The van der Waals surface area contributed by atoms with Crippen molar-refractivity contribution in [2.45, 2.75) is 32.2 Å². The van der Waals surface area contributed by atoms with Crippen molar-refractivity contribution in [3.63, 3.8) is 0 Å². The topological polar surface area (TPSA) is 60.4 Å². The second-order valence-corrected chi connectivity index (χ2v) is 7.77. The van der Waals surface area contributed by atoms with Gasteiger partial charge < -0.3 is 9.90 Å². The molecule has 0 unspecified atom stereocenters. The number of benzene rings is 2. The molecule has 1 aliphatic rings. The van der Waals surface area contributed by atoms with E-state index in [0.717, 1.165) is 34.5 Å². The van der Waals surface area contributed by atoms with Gasteiger partial charge in [-0.25, -0.2) is 0 Å². The predicted octanol–water partition coefficient (Wildman–Crippen LogP) is 3.35. The van der Waals surface area contributed by atoms with Crippen LogP contribution in [0.4, 0.5) is 0 Å². The number of unbranched alkanes of at least 4 members (excludes halogenated alkanes) is 1. The van der Waals surface area contributed by atoms with E-state index in [0.29, 0.717) is 17.7 Å². The maximum atomic E-state index is 12.8. The zero-order chi connectivity index (χ0) is 18.7. The summed E-state index contributed by atoms with van der Waals surface area (Å²) in [5, 5.41) is 13.6. The molecule has 1 aliphatic heterocycles. The molecule has 1 amide bonds. The summed E-state index contributed by atoms with van der Waals surface area (Å²) in [7, 11) is 0. The van der Waals surface area contributed by atoms with E-state index in [1.807, 2.05) is 49.4 Å². The van der Waals surface area contributed by atoms with Crippen LogP contribution < -0.4 is 5.11 Å². The van der Waals surface area contributed by atoms with Gasteiger partial charge in [-0.3, -0.25) is 9.69 Å². The van der Waals surface area contributed by atoms with E-state index in [9.17, 15) is 14.7 Å². The predicted molar refractivity (Wildman–Crippen MR) is 107 cm³/mol. The van der Waals surface area contributed by atoms with E-state index in [-0.39, 0.29) is 10.2 Å². The van der Waals surface area contributed by atoms with Crippen molar-refractivity contribution in [1.82, 2.24) is 4.90 Å². The second-order valence-electron chi connectivity index (χ2n) is 6.10. The Labute approximate surface area is 161 Å². The molecule has 2 aromatic rings. The fourth-order valence-corrected chi connectivity index (χ4v) is 4.36. The molecule has 0 bridgehead atoms. The molecule has 134 valence electrons. The Morgan fingerprint density at radius 3 is 2.73 bits per heavy atom. The minimum Gasteiger partial charge on any atom is -0.548 e. The minimum absolute atomic E-state index is 0.270. The van der Waals surface area contributed by atoms with Crippen LogP contribution in [0.5, 0.6) is 0 Å². The summed E-state index contributed by atoms with van der Waals surface area (Å²) in [5.74, 6) is -1.63. The number of nitrogens with zero attached hydrogens (tertiary/aromatic N) is 1. The average molecular weight is 385 g/mol. The van der Waals surface area contributed by atoms with Gasteiger partial charge in [-0.2, -0.15) is 0 Å². The van der Waals surface area contributed by atoms with Crippen molar-refractivity contribution in [1.29, 1.82) is 0 Å². The van der Waals surface area contributed by atoms with Crippen molar-refractivity contribution in [3.8, 4) is 0 Å². The highest BCUT2D eigenvalue weighted by atomic mass is 32.2. The normalized spacial score (nSPS) is 17.3. The van der Waals surface area contributed by atoms with Crippen molar-refractivity contribution >= 4 is 57.0 Å². The number of carboxylic acid groups (broad SMARTS) is 1. The van der Waals surface area contributed by atoms with E-state index in [2.05, 4.69) is 0 Å². The number of carbonyl (C=O) groups is 2.